The predicted molar refractivity (Wildman–Crippen MR) is 113 cm³/mol. The number of aromatic nitrogens is 2. The standard InChI is InChI=1S/C23H31N3O2/c1-4-15-25(17-21-12-8-9-16-28-21)23(27)14-13-22-18(2)24-26(19(22)3)20-10-6-5-7-11-20/h5-7,10-11,13-14,21H,4,8-9,12,15-17H2,1-3H3. The molecule has 1 aromatic heterocycles. The van der Waals surface area contributed by atoms with Gasteiger partial charge in [0.25, 0.3) is 0 Å². The van der Waals surface area contributed by atoms with Crippen molar-refractivity contribution in [1.29, 1.82) is 0 Å². The number of aryl methyl sites for hydroxylation is 1. The van der Waals surface area contributed by atoms with Gasteiger partial charge in [0.2, 0.25) is 5.91 Å². The summed E-state index contributed by atoms with van der Waals surface area (Å²) in [5, 5.41) is 4.65. The molecule has 1 aliphatic heterocycles. The number of carbonyl (C=O) groups excluding carboxylic acids is 1. The molecule has 1 saturated heterocycles. The van der Waals surface area contributed by atoms with Crippen LogP contribution >= 0.6 is 0 Å². The van der Waals surface area contributed by atoms with Gasteiger partial charge in [0, 0.05) is 37.0 Å². The summed E-state index contributed by atoms with van der Waals surface area (Å²) in [6, 6.07) is 10.1. The van der Waals surface area contributed by atoms with Crippen LogP contribution in [0.1, 0.15) is 49.6 Å². The lowest BCUT2D eigenvalue weighted by molar-refractivity contribution is -0.128. The van der Waals surface area contributed by atoms with Crippen LogP contribution in [0.5, 0.6) is 0 Å². The van der Waals surface area contributed by atoms with E-state index in [0.717, 1.165) is 55.1 Å². The number of ether oxygens (including phenoxy) is 1. The fourth-order valence-electron chi connectivity index (χ4n) is 3.74. The van der Waals surface area contributed by atoms with Crippen LogP contribution in [0.25, 0.3) is 11.8 Å². The van der Waals surface area contributed by atoms with Gasteiger partial charge in [-0.25, -0.2) is 4.68 Å². The summed E-state index contributed by atoms with van der Waals surface area (Å²) < 4.78 is 7.76. The van der Waals surface area contributed by atoms with E-state index in [2.05, 4.69) is 12.0 Å². The largest absolute Gasteiger partial charge is 0.376 e. The lowest BCUT2D eigenvalue weighted by atomic mass is 10.1. The van der Waals surface area contributed by atoms with E-state index in [1.165, 1.54) is 6.42 Å². The van der Waals surface area contributed by atoms with E-state index in [0.29, 0.717) is 6.54 Å². The highest BCUT2D eigenvalue weighted by atomic mass is 16.5. The molecule has 0 N–H and O–H groups in total. The number of benzene rings is 1. The first-order chi connectivity index (χ1) is 13.6. The molecule has 1 aromatic carbocycles. The van der Waals surface area contributed by atoms with Gasteiger partial charge in [0.15, 0.2) is 0 Å². The third kappa shape index (κ3) is 4.90. The minimum absolute atomic E-state index is 0.0438. The Morgan fingerprint density at radius 2 is 2.07 bits per heavy atom. The van der Waals surface area contributed by atoms with Crippen molar-refractivity contribution in [3.63, 3.8) is 0 Å². The average molecular weight is 382 g/mol. The lowest BCUT2D eigenvalue weighted by Gasteiger charge is -2.29. The molecule has 0 spiro atoms. The van der Waals surface area contributed by atoms with Crippen LogP contribution in [0.2, 0.25) is 0 Å². The smallest absolute Gasteiger partial charge is 0.246 e. The summed E-state index contributed by atoms with van der Waals surface area (Å²) in [7, 11) is 0. The van der Waals surface area contributed by atoms with Crippen LogP contribution in [0.4, 0.5) is 0 Å². The minimum atomic E-state index is 0.0438. The van der Waals surface area contributed by atoms with Crippen molar-refractivity contribution in [1.82, 2.24) is 14.7 Å². The maximum atomic E-state index is 12.8. The van der Waals surface area contributed by atoms with E-state index in [-0.39, 0.29) is 12.0 Å². The maximum absolute atomic E-state index is 12.8. The number of hydrogen-bond donors (Lipinski definition) is 0. The van der Waals surface area contributed by atoms with Gasteiger partial charge in [-0.05, 0) is 57.7 Å². The Balaban J connectivity index is 1.74. The minimum Gasteiger partial charge on any atom is -0.376 e. The average Bonchev–Trinajstić information content (AvgIpc) is 3.01. The third-order valence-electron chi connectivity index (χ3n) is 5.24. The van der Waals surface area contributed by atoms with Crippen molar-refractivity contribution >= 4 is 12.0 Å². The summed E-state index contributed by atoms with van der Waals surface area (Å²) in [5.41, 5.74) is 3.98. The molecule has 1 amide bonds. The second-order valence-electron chi connectivity index (χ2n) is 7.44. The predicted octanol–water partition coefficient (Wildman–Crippen LogP) is 4.31. The molecule has 0 aliphatic carbocycles. The molecule has 1 unspecified atom stereocenters. The van der Waals surface area contributed by atoms with E-state index >= 15 is 0 Å². The molecule has 28 heavy (non-hydrogen) atoms. The van der Waals surface area contributed by atoms with Gasteiger partial charge in [0.1, 0.15) is 0 Å². The van der Waals surface area contributed by atoms with Crippen molar-refractivity contribution in [3.8, 4) is 5.69 Å². The van der Waals surface area contributed by atoms with Gasteiger partial charge in [-0.3, -0.25) is 4.79 Å². The fourth-order valence-corrected chi connectivity index (χ4v) is 3.74. The highest BCUT2D eigenvalue weighted by Gasteiger charge is 2.20. The summed E-state index contributed by atoms with van der Waals surface area (Å²) >= 11 is 0. The van der Waals surface area contributed by atoms with E-state index in [1.807, 2.05) is 59.8 Å². The lowest BCUT2D eigenvalue weighted by Crippen LogP contribution is -2.39. The van der Waals surface area contributed by atoms with Crippen LogP contribution in [-0.2, 0) is 9.53 Å². The molecule has 1 aliphatic rings. The monoisotopic (exact) mass is 381 g/mol. The van der Waals surface area contributed by atoms with E-state index in [9.17, 15) is 4.79 Å². The van der Waals surface area contributed by atoms with Crippen molar-refractivity contribution < 1.29 is 9.53 Å². The molecule has 5 nitrogen and oxygen atoms in total. The van der Waals surface area contributed by atoms with Crippen molar-refractivity contribution in [2.75, 3.05) is 19.7 Å². The first-order valence-corrected chi connectivity index (χ1v) is 10.3. The zero-order valence-corrected chi connectivity index (χ0v) is 17.2. The van der Waals surface area contributed by atoms with Gasteiger partial charge in [0.05, 0.1) is 17.5 Å². The topological polar surface area (TPSA) is 47.4 Å². The Labute approximate surface area is 168 Å². The molecule has 1 atom stereocenters. The van der Waals surface area contributed by atoms with Crippen LogP contribution < -0.4 is 0 Å². The number of para-hydroxylation sites is 1. The molecule has 2 heterocycles. The van der Waals surface area contributed by atoms with E-state index in [1.54, 1.807) is 6.08 Å². The number of amides is 1. The van der Waals surface area contributed by atoms with Gasteiger partial charge in [-0.15, -0.1) is 0 Å². The van der Waals surface area contributed by atoms with Crippen molar-refractivity contribution in [2.45, 2.75) is 52.6 Å². The molecule has 0 radical (unpaired) electrons. The quantitative estimate of drug-likeness (QED) is 0.672. The summed E-state index contributed by atoms with van der Waals surface area (Å²) in [6.45, 7) is 8.37. The Kier molecular flexibility index (Phi) is 7.04. The molecule has 2 aromatic rings. The number of rotatable bonds is 7. The molecule has 0 bridgehead atoms. The van der Waals surface area contributed by atoms with E-state index < -0.39 is 0 Å². The van der Waals surface area contributed by atoms with Crippen molar-refractivity contribution in [2.24, 2.45) is 0 Å². The van der Waals surface area contributed by atoms with Gasteiger partial charge in [-0.1, -0.05) is 25.1 Å². The Morgan fingerprint density at radius 3 is 2.75 bits per heavy atom. The summed E-state index contributed by atoms with van der Waals surface area (Å²) in [6.07, 6.45) is 8.06. The second-order valence-corrected chi connectivity index (χ2v) is 7.44. The first-order valence-electron chi connectivity index (χ1n) is 10.3. The highest BCUT2D eigenvalue weighted by molar-refractivity contribution is 5.92. The van der Waals surface area contributed by atoms with Gasteiger partial charge >= 0.3 is 0 Å². The molecule has 3 rings (SSSR count). The van der Waals surface area contributed by atoms with Gasteiger partial charge in [-0.2, -0.15) is 5.10 Å². The normalized spacial score (nSPS) is 17.2. The fraction of sp³-hybridized carbons (Fsp3) is 0.478. The molecule has 0 saturated carbocycles. The van der Waals surface area contributed by atoms with Gasteiger partial charge < -0.3 is 9.64 Å². The first kappa shape index (κ1) is 20.3. The third-order valence-corrected chi connectivity index (χ3v) is 5.24. The molecular formula is C23H31N3O2. The molecular weight excluding hydrogens is 350 g/mol. The Hall–Kier alpha value is -2.40. The van der Waals surface area contributed by atoms with Crippen LogP contribution in [0, 0.1) is 13.8 Å². The maximum Gasteiger partial charge on any atom is 0.246 e. The Morgan fingerprint density at radius 1 is 1.29 bits per heavy atom. The van der Waals surface area contributed by atoms with Crippen LogP contribution in [0.3, 0.4) is 0 Å². The van der Waals surface area contributed by atoms with Crippen molar-refractivity contribution in [3.05, 3.63) is 53.4 Å². The zero-order valence-electron chi connectivity index (χ0n) is 17.2. The number of carbonyl (C=O) groups is 1. The second kappa shape index (κ2) is 9.69. The number of hydrogen-bond acceptors (Lipinski definition) is 3. The SMILES string of the molecule is CCCN(CC1CCCCO1)C(=O)C=Cc1c(C)nn(-c2ccccc2)c1C. The zero-order chi connectivity index (χ0) is 19.9. The summed E-state index contributed by atoms with van der Waals surface area (Å²) in [5.74, 6) is 0.0438. The molecule has 150 valence electrons. The highest BCUT2D eigenvalue weighted by Crippen LogP contribution is 2.20. The van der Waals surface area contributed by atoms with Crippen LogP contribution in [-0.4, -0.2) is 46.4 Å². The van der Waals surface area contributed by atoms with Crippen LogP contribution in [0.15, 0.2) is 36.4 Å². The number of nitrogens with zero attached hydrogens (tertiary/aromatic N) is 3. The summed E-state index contributed by atoms with van der Waals surface area (Å²) in [4.78, 5) is 14.8. The van der Waals surface area contributed by atoms with E-state index in [4.69, 9.17) is 4.74 Å². The Bertz CT molecular complexity index is 805. The molecule has 1 fully saturated rings. The molecule has 5 heteroatoms.